The Morgan fingerprint density at radius 1 is 1.28 bits per heavy atom. The highest BCUT2D eigenvalue weighted by Gasteiger charge is 2.17. The molecule has 25 heavy (non-hydrogen) atoms. The number of fused-ring (bicyclic) bond motifs is 1. The van der Waals surface area contributed by atoms with Gasteiger partial charge in [-0.3, -0.25) is 9.36 Å². The Hall–Kier alpha value is -2.15. The summed E-state index contributed by atoms with van der Waals surface area (Å²) >= 11 is 1.35. The number of aryl methyl sites for hydroxylation is 1. The van der Waals surface area contributed by atoms with Crippen LogP contribution in [0.25, 0.3) is 11.0 Å². The molecule has 0 bridgehead atoms. The average molecular weight is 363 g/mol. The highest BCUT2D eigenvalue weighted by Crippen LogP contribution is 2.26. The van der Waals surface area contributed by atoms with Gasteiger partial charge >= 0.3 is 0 Å². The van der Waals surface area contributed by atoms with Crippen LogP contribution in [0.2, 0.25) is 0 Å². The normalized spacial score (nSPS) is 12.7. The molecule has 0 fully saturated rings. The van der Waals surface area contributed by atoms with Crippen LogP contribution in [0.5, 0.6) is 0 Å². The second-order valence-corrected chi connectivity index (χ2v) is 7.02. The molecule has 1 aromatic carbocycles. The molecule has 2 aromatic heterocycles. The summed E-state index contributed by atoms with van der Waals surface area (Å²) < 4.78 is 28.1. The monoisotopic (exact) mass is 363 g/mol. The minimum Gasteiger partial charge on any atom is -0.353 e. The molecule has 0 spiro atoms. The number of hydrogen-bond donors (Lipinski definition) is 1. The van der Waals surface area contributed by atoms with Crippen LogP contribution >= 0.6 is 11.8 Å². The van der Waals surface area contributed by atoms with Gasteiger partial charge in [-0.1, -0.05) is 24.8 Å². The number of aromatic nitrogens is 3. The first-order chi connectivity index (χ1) is 11.9. The van der Waals surface area contributed by atoms with Crippen LogP contribution in [0.3, 0.4) is 0 Å². The summed E-state index contributed by atoms with van der Waals surface area (Å²) in [6.45, 7) is 5.85. The predicted molar refractivity (Wildman–Crippen MR) is 96.0 cm³/mol. The molecule has 0 amide bonds. The number of nitrogens with zero attached hydrogens (tertiary/aromatic N) is 2. The minimum absolute atomic E-state index is 0.0135. The van der Waals surface area contributed by atoms with Gasteiger partial charge < -0.3 is 4.98 Å². The van der Waals surface area contributed by atoms with E-state index < -0.39 is 11.6 Å². The van der Waals surface area contributed by atoms with Gasteiger partial charge in [-0.25, -0.2) is 13.8 Å². The van der Waals surface area contributed by atoms with Crippen molar-refractivity contribution in [2.24, 2.45) is 0 Å². The van der Waals surface area contributed by atoms with Gasteiger partial charge in [0.2, 0.25) is 0 Å². The zero-order chi connectivity index (χ0) is 18.1. The third kappa shape index (κ3) is 3.46. The fourth-order valence-electron chi connectivity index (χ4n) is 2.64. The topological polar surface area (TPSA) is 50.7 Å². The summed E-state index contributed by atoms with van der Waals surface area (Å²) in [5.74, 6) is -1.34. The maximum absolute atomic E-state index is 13.4. The van der Waals surface area contributed by atoms with Crippen LogP contribution in [0.4, 0.5) is 8.78 Å². The van der Waals surface area contributed by atoms with E-state index in [-0.39, 0.29) is 11.6 Å². The van der Waals surface area contributed by atoms with Crippen LogP contribution in [0.15, 0.2) is 34.2 Å². The fraction of sp³-hybridized carbons (Fsp3) is 0.333. The van der Waals surface area contributed by atoms with Gasteiger partial charge in [-0.15, -0.1) is 0 Å². The summed E-state index contributed by atoms with van der Waals surface area (Å²) in [4.78, 5) is 20.5. The van der Waals surface area contributed by atoms with Crippen LogP contribution in [0, 0.1) is 18.6 Å². The molecule has 1 atom stereocenters. The van der Waals surface area contributed by atoms with E-state index in [1.54, 1.807) is 4.57 Å². The second-order valence-electron chi connectivity index (χ2n) is 6.08. The molecule has 0 aliphatic heterocycles. The number of H-pyrrole nitrogens is 1. The van der Waals surface area contributed by atoms with E-state index in [0.29, 0.717) is 27.5 Å². The van der Waals surface area contributed by atoms with E-state index in [9.17, 15) is 13.6 Å². The standard InChI is InChI=1S/C18H19F2N3OS/c1-4-11(3)23-17(24)16-15(7-10(2)21-16)22-18(23)25-9-12-5-6-13(19)14(20)8-12/h5-8,11,21H,4,9H2,1-3H3. The van der Waals surface area contributed by atoms with Crippen LogP contribution in [0.1, 0.15) is 37.6 Å². The highest BCUT2D eigenvalue weighted by molar-refractivity contribution is 7.98. The number of rotatable bonds is 5. The number of hydrogen-bond acceptors (Lipinski definition) is 3. The highest BCUT2D eigenvalue weighted by atomic mass is 32.2. The Labute approximate surface area is 148 Å². The van der Waals surface area contributed by atoms with Crippen molar-refractivity contribution in [3.05, 3.63) is 57.5 Å². The lowest BCUT2D eigenvalue weighted by atomic mass is 10.2. The number of halogens is 2. The lowest BCUT2D eigenvalue weighted by molar-refractivity contribution is 0.468. The van der Waals surface area contributed by atoms with Gasteiger partial charge in [0.15, 0.2) is 16.8 Å². The molecule has 1 N–H and O–H groups in total. The van der Waals surface area contributed by atoms with Crippen molar-refractivity contribution < 1.29 is 8.78 Å². The quantitative estimate of drug-likeness (QED) is 0.533. The molecule has 0 radical (unpaired) electrons. The summed E-state index contributed by atoms with van der Waals surface area (Å²) in [5.41, 5.74) is 2.52. The summed E-state index contributed by atoms with van der Waals surface area (Å²) in [5, 5.41) is 0.579. The van der Waals surface area contributed by atoms with Crippen molar-refractivity contribution in [3.63, 3.8) is 0 Å². The second kappa shape index (κ2) is 7.00. The Morgan fingerprint density at radius 3 is 2.72 bits per heavy atom. The fourth-order valence-corrected chi connectivity index (χ4v) is 3.68. The molecule has 1 unspecified atom stereocenters. The maximum Gasteiger partial charge on any atom is 0.278 e. The molecular weight excluding hydrogens is 344 g/mol. The van der Waals surface area contributed by atoms with Crippen LogP contribution in [-0.4, -0.2) is 14.5 Å². The number of nitrogens with one attached hydrogen (secondary N) is 1. The third-order valence-corrected chi connectivity index (χ3v) is 5.19. The Kier molecular flexibility index (Phi) is 4.94. The van der Waals surface area contributed by atoms with Crippen LogP contribution in [-0.2, 0) is 5.75 Å². The summed E-state index contributed by atoms with van der Waals surface area (Å²) in [6.07, 6.45) is 0.783. The van der Waals surface area contributed by atoms with Gasteiger partial charge in [-0.05, 0) is 44.0 Å². The molecular formula is C18H19F2N3OS. The first kappa shape index (κ1) is 17.7. The van der Waals surface area contributed by atoms with Crippen LogP contribution < -0.4 is 5.56 Å². The molecule has 3 rings (SSSR count). The van der Waals surface area contributed by atoms with Crippen molar-refractivity contribution in [2.45, 2.75) is 44.1 Å². The third-order valence-electron chi connectivity index (χ3n) is 4.17. The average Bonchev–Trinajstić information content (AvgIpc) is 2.96. The van der Waals surface area contributed by atoms with Gasteiger partial charge in [0, 0.05) is 17.5 Å². The Balaban J connectivity index is 2.01. The molecule has 2 heterocycles. The van der Waals surface area contributed by atoms with E-state index in [1.165, 1.54) is 23.9 Å². The SMILES string of the molecule is CCC(C)n1c(SCc2ccc(F)c(F)c2)nc2cc(C)[nH]c2c1=O. The Bertz CT molecular complexity index is 980. The number of aromatic amines is 1. The minimum atomic E-state index is -0.873. The molecule has 3 aromatic rings. The predicted octanol–water partition coefficient (Wildman–Crippen LogP) is 4.57. The maximum atomic E-state index is 13.4. The smallest absolute Gasteiger partial charge is 0.278 e. The van der Waals surface area contributed by atoms with Gasteiger partial charge in [-0.2, -0.15) is 0 Å². The van der Waals surface area contributed by atoms with Crippen molar-refractivity contribution in [3.8, 4) is 0 Å². The zero-order valence-electron chi connectivity index (χ0n) is 14.3. The number of thioether (sulfide) groups is 1. The zero-order valence-corrected chi connectivity index (χ0v) is 15.1. The first-order valence-corrected chi connectivity index (χ1v) is 9.07. The lowest BCUT2D eigenvalue weighted by Crippen LogP contribution is -2.26. The lowest BCUT2D eigenvalue weighted by Gasteiger charge is -2.17. The Morgan fingerprint density at radius 2 is 2.04 bits per heavy atom. The molecule has 7 heteroatoms. The van der Waals surface area contributed by atoms with Gasteiger partial charge in [0.05, 0.1) is 5.52 Å². The first-order valence-electron chi connectivity index (χ1n) is 8.09. The number of benzene rings is 1. The van der Waals surface area contributed by atoms with Crippen molar-refractivity contribution >= 4 is 22.8 Å². The molecule has 0 aliphatic carbocycles. The van der Waals surface area contributed by atoms with E-state index >= 15 is 0 Å². The molecule has 0 aliphatic rings. The van der Waals surface area contributed by atoms with E-state index in [2.05, 4.69) is 9.97 Å². The largest absolute Gasteiger partial charge is 0.353 e. The molecule has 0 saturated heterocycles. The summed E-state index contributed by atoms with van der Waals surface area (Å²) in [6, 6.07) is 5.64. The summed E-state index contributed by atoms with van der Waals surface area (Å²) in [7, 11) is 0. The molecule has 132 valence electrons. The van der Waals surface area contributed by atoms with E-state index in [1.807, 2.05) is 26.8 Å². The van der Waals surface area contributed by atoms with Crippen molar-refractivity contribution in [1.29, 1.82) is 0 Å². The van der Waals surface area contributed by atoms with E-state index in [4.69, 9.17) is 0 Å². The van der Waals surface area contributed by atoms with Gasteiger partial charge in [0.1, 0.15) is 5.52 Å². The van der Waals surface area contributed by atoms with Gasteiger partial charge in [0.25, 0.3) is 5.56 Å². The molecule has 0 saturated carbocycles. The van der Waals surface area contributed by atoms with Crippen molar-refractivity contribution in [1.82, 2.24) is 14.5 Å². The van der Waals surface area contributed by atoms with Crippen molar-refractivity contribution in [2.75, 3.05) is 0 Å². The van der Waals surface area contributed by atoms with E-state index in [0.717, 1.165) is 18.2 Å². The molecule has 4 nitrogen and oxygen atoms in total.